The lowest BCUT2D eigenvalue weighted by molar-refractivity contribution is -0.142. The standard InChI is InChI=1S/C29H35N3O2/c1-2-3-18-31(29(34)26-16-17-26)23-28(33)32(21-25-13-8-5-9-14-25)22-27-15-10-19-30(27)20-24-11-6-4-7-12-24/h4-15,19,26H,2-3,16-18,20-23H2,1H3. The Hall–Kier alpha value is -3.34. The number of hydrogen-bond acceptors (Lipinski definition) is 2. The summed E-state index contributed by atoms with van der Waals surface area (Å²) in [6.07, 6.45) is 5.90. The Morgan fingerprint density at radius 2 is 1.53 bits per heavy atom. The van der Waals surface area contributed by atoms with E-state index >= 15 is 0 Å². The van der Waals surface area contributed by atoms with E-state index in [0.717, 1.165) is 43.5 Å². The van der Waals surface area contributed by atoms with Gasteiger partial charge in [-0.25, -0.2) is 0 Å². The van der Waals surface area contributed by atoms with Crippen LogP contribution in [-0.2, 0) is 29.2 Å². The minimum absolute atomic E-state index is 0.00131. The van der Waals surface area contributed by atoms with Crippen LogP contribution < -0.4 is 0 Å². The highest BCUT2D eigenvalue weighted by Gasteiger charge is 2.34. The van der Waals surface area contributed by atoms with Gasteiger partial charge in [0.1, 0.15) is 0 Å². The van der Waals surface area contributed by atoms with Gasteiger partial charge in [-0.2, -0.15) is 0 Å². The van der Waals surface area contributed by atoms with E-state index in [1.165, 1.54) is 5.56 Å². The van der Waals surface area contributed by atoms with Gasteiger partial charge in [0, 0.05) is 37.4 Å². The zero-order valence-electron chi connectivity index (χ0n) is 20.1. The molecule has 0 atom stereocenters. The first-order valence-electron chi connectivity index (χ1n) is 12.4. The zero-order valence-corrected chi connectivity index (χ0v) is 20.1. The van der Waals surface area contributed by atoms with Crippen molar-refractivity contribution in [1.29, 1.82) is 0 Å². The number of amides is 2. The van der Waals surface area contributed by atoms with Crippen molar-refractivity contribution in [3.63, 3.8) is 0 Å². The fraction of sp³-hybridized carbons (Fsp3) is 0.379. The first-order chi connectivity index (χ1) is 16.6. The topological polar surface area (TPSA) is 45.6 Å². The molecule has 34 heavy (non-hydrogen) atoms. The molecule has 1 saturated carbocycles. The predicted octanol–water partition coefficient (Wildman–Crippen LogP) is 5.10. The number of unbranched alkanes of at least 4 members (excludes halogenated alkanes) is 1. The molecule has 0 aliphatic heterocycles. The van der Waals surface area contributed by atoms with E-state index in [1.807, 2.05) is 59.5 Å². The van der Waals surface area contributed by atoms with E-state index in [9.17, 15) is 9.59 Å². The average Bonchev–Trinajstić information content (AvgIpc) is 3.63. The van der Waals surface area contributed by atoms with Crippen LogP contribution in [0.5, 0.6) is 0 Å². The second-order valence-electron chi connectivity index (χ2n) is 9.24. The molecule has 1 aliphatic rings. The molecule has 0 N–H and O–H groups in total. The summed E-state index contributed by atoms with van der Waals surface area (Å²) >= 11 is 0. The fourth-order valence-electron chi connectivity index (χ4n) is 4.23. The van der Waals surface area contributed by atoms with Crippen LogP contribution in [0.1, 0.15) is 49.4 Å². The Balaban J connectivity index is 1.51. The molecule has 5 nitrogen and oxygen atoms in total. The summed E-state index contributed by atoms with van der Waals surface area (Å²) in [5, 5.41) is 0. The lowest BCUT2D eigenvalue weighted by Crippen LogP contribution is -2.43. The molecule has 2 amide bonds. The van der Waals surface area contributed by atoms with Crippen LogP contribution in [-0.4, -0.2) is 39.3 Å². The van der Waals surface area contributed by atoms with Crippen molar-refractivity contribution in [1.82, 2.24) is 14.4 Å². The molecule has 0 radical (unpaired) electrons. The maximum absolute atomic E-state index is 13.6. The molecule has 0 unspecified atom stereocenters. The summed E-state index contributed by atoms with van der Waals surface area (Å²) in [6, 6.07) is 24.6. The highest BCUT2D eigenvalue weighted by atomic mass is 16.2. The molecule has 1 aliphatic carbocycles. The molecule has 1 aromatic heterocycles. The number of rotatable bonds is 12. The molecular weight excluding hydrogens is 422 g/mol. The Morgan fingerprint density at radius 3 is 2.18 bits per heavy atom. The predicted molar refractivity (Wildman–Crippen MR) is 135 cm³/mol. The van der Waals surface area contributed by atoms with Crippen LogP contribution >= 0.6 is 0 Å². The highest BCUT2D eigenvalue weighted by Crippen LogP contribution is 2.31. The number of benzene rings is 2. The Labute approximate surface area is 203 Å². The van der Waals surface area contributed by atoms with Gasteiger partial charge in [-0.1, -0.05) is 74.0 Å². The van der Waals surface area contributed by atoms with Crippen LogP contribution in [0, 0.1) is 5.92 Å². The van der Waals surface area contributed by atoms with Gasteiger partial charge < -0.3 is 14.4 Å². The van der Waals surface area contributed by atoms with Crippen molar-refractivity contribution in [3.8, 4) is 0 Å². The third-order valence-electron chi connectivity index (χ3n) is 6.39. The number of aromatic nitrogens is 1. The summed E-state index contributed by atoms with van der Waals surface area (Å²) in [4.78, 5) is 30.1. The first kappa shape index (κ1) is 23.8. The van der Waals surface area contributed by atoms with Crippen molar-refractivity contribution < 1.29 is 9.59 Å². The highest BCUT2D eigenvalue weighted by molar-refractivity contribution is 5.87. The summed E-state index contributed by atoms with van der Waals surface area (Å²) in [7, 11) is 0. The number of hydrogen-bond donors (Lipinski definition) is 0. The minimum Gasteiger partial charge on any atom is -0.345 e. The van der Waals surface area contributed by atoms with Gasteiger partial charge in [0.15, 0.2) is 0 Å². The van der Waals surface area contributed by atoms with Gasteiger partial charge in [-0.3, -0.25) is 9.59 Å². The van der Waals surface area contributed by atoms with Gasteiger partial charge in [-0.05, 0) is 42.5 Å². The third-order valence-corrected chi connectivity index (χ3v) is 6.39. The molecule has 3 aromatic rings. The van der Waals surface area contributed by atoms with Gasteiger partial charge in [0.2, 0.25) is 11.8 Å². The normalized spacial score (nSPS) is 13.0. The van der Waals surface area contributed by atoms with Crippen molar-refractivity contribution in [2.45, 2.75) is 52.2 Å². The summed E-state index contributed by atoms with van der Waals surface area (Å²) in [5.41, 5.74) is 3.40. The molecule has 0 spiro atoms. The molecule has 4 rings (SSSR count). The lowest BCUT2D eigenvalue weighted by Gasteiger charge is -2.28. The van der Waals surface area contributed by atoms with E-state index in [-0.39, 0.29) is 24.3 Å². The van der Waals surface area contributed by atoms with E-state index in [4.69, 9.17) is 0 Å². The molecule has 0 saturated heterocycles. The first-order valence-corrected chi connectivity index (χ1v) is 12.4. The maximum Gasteiger partial charge on any atom is 0.242 e. The fourth-order valence-corrected chi connectivity index (χ4v) is 4.23. The summed E-state index contributed by atoms with van der Waals surface area (Å²) in [6.45, 7) is 4.72. The maximum atomic E-state index is 13.6. The molecular formula is C29H35N3O2. The van der Waals surface area contributed by atoms with Crippen LogP contribution in [0.2, 0.25) is 0 Å². The Bertz CT molecular complexity index is 1060. The summed E-state index contributed by atoms with van der Waals surface area (Å²) in [5.74, 6) is 0.269. The SMILES string of the molecule is CCCCN(CC(=O)N(Cc1ccccc1)Cc1cccn1Cc1ccccc1)C(=O)C1CC1. The number of carbonyl (C=O) groups is 2. The number of nitrogens with zero attached hydrogens (tertiary/aromatic N) is 3. The van der Waals surface area contributed by atoms with Crippen molar-refractivity contribution in [3.05, 3.63) is 95.8 Å². The largest absolute Gasteiger partial charge is 0.345 e. The summed E-state index contributed by atoms with van der Waals surface area (Å²) < 4.78 is 2.20. The quantitative estimate of drug-likeness (QED) is 0.380. The monoisotopic (exact) mass is 457 g/mol. The lowest BCUT2D eigenvalue weighted by atomic mass is 10.2. The molecule has 178 valence electrons. The van der Waals surface area contributed by atoms with Crippen molar-refractivity contribution in [2.24, 2.45) is 5.92 Å². The second kappa shape index (κ2) is 11.7. The van der Waals surface area contributed by atoms with Crippen LogP contribution in [0.15, 0.2) is 79.0 Å². The third kappa shape index (κ3) is 6.60. The van der Waals surface area contributed by atoms with E-state index in [0.29, 0.717) is 19.6 Å². The van der Waals surface area contributed by atoms with Gasteiger partial charge in [0.05, 0.1) is 13.1 Å². The van der Waals surface area contributed by atoms with Crippen LogP contribution in [0.3, 0.4) is 0 Å². The molecule has 0 bridgehead atoms. The van der Waals surface area contributed by atoms with Crippen molar-refractivity contribution in [2.75, 3.05) is 13.1 Å². The van der Waals surface area contributed by atoms with E-state index in [1.54, 1.807) is 4.90 Å². The zero-order chi connectivity index (χ0) is 23.8. The molecule has 1 fully saturated rings. The molecule has 5 heteroatoms. The van der Waals surface area contributed by atoms with Gasteiger partial charge in [-0.15, -0.1) is 0 Å². The van der Waals surface area contributed by atoms with Crippen LogP contribution in [0.4, 0.5) is 0 Å². The second-order valence-corrected chi connectivity index (χ2v) is 9.24. The van der Waals surface area contributed by atoms with Gasteiger partial charge >= 0.3 is 0 Å². The minimum atomic E-state index is 0.00131. The van der Waals surface area contributed by atoms with Crippen LogP contribution in [0.25, 0.3) is 0 Å². The number of carbonyl (C=O) groups excluding carboxylic acids is 2. The Morgan fingerprint density at radius 1 is 0.853 bits per heavy atom. The van der Waals surface area contributed by atoms with E-state index < -0.39 is 0 Å². The Kier molecular flexibility index (Phi) is 8.18. The average molecular weight is 458 g/mol. The van der Waals surface area contributed by atoms with E-state index in [2.05, 4.69) is 35.9 Å². The molecule has 1 heterocycles. The van der Waals surface area contributed by atoms with Gasteiger partial charge in [0.25, 0.3) is 0 Å². The molecule has 2 aromatic carbocycles. The smallest absolute Gasteiger partial charge is 0.242 e. The van der Waals surface area contributed by atoms with Crippen molar-refractivity contribution >= 4 is 11.8 Å².